The van der Waals surface area contributed by atoms with Crippen LogP contribution in [0.5, 0.6) is 0 Å². The van der Waals surface area contributed by atoms with E-state index in [4.69, 9.17) is 4.11 Å². The van der Waals surface area contributed by atoms with E-state index in [1.165, 1.54) is 6.20 Å². The Balaban J connectivity index is 1.45. The van der Waals surface area contributed by atoms with Crippen molar-refractivity contribution in [1.82, 2.24) is 30.2 Å². The number of amides is 2. The Morgan fingerprint density at radius 3 is 2.78 bits per heavy atom. The molecule has 4 rings (SSSR count). The van der Waals surface area contributed by atoms with Gasteiger partial charge in [-0.1, -0.05) is 0 Å². The largest absolute Gasteiger partial charge is 0.368 e. The minimum Gasteiger partial charge on any atom is -0.368 e. The van der Waals surface area contributed by atoms with Crippen LogP contribution in [-0.4, -0.2) is 63.6 Å². The van der Waals surface area contributed by atoms with Crippen molar-refractivity contribution in [2.75, 3.05) is 42.9 Å². The molecule has 4 heterocycles. The molecule has 0 aliphatic carbocycles. The monoisotopic (exact) mass is 441 g/mol. The second-order valence-corrected chi connectivity index (χ2v) is 7.38. The average molecular weight is 442 g/mol. The molecule has 1 fully saturated rings. The lowest BCUT2D eigenvalue weighted by Crippen LogP contribution is -2.46. The lowest BCUT2D eigenvalue weighted by Gasteiger charge is -2.36. The Bertz CT molecular complexity index is 1160. The number of hydrogen-bond acceptors (Lipinski definition) is 6. The van der Waals surface area contributed by atoms with Gasteiger partial charge < -0.3 is 15.2 Å². The van der Waals surface area contributed by atoms with Gasteiger partial charge in [0.25, 0.3) is 0 Å². The fourth-order valence-corrected chi connectivity index (χ4v) is 3.64. The van der Waals surface area contributed by atoms with Crippen LogP contribution in [0.2, 0.25) is 0 Å². The summed E-state index contributed by atoms with van der Waals surface area (Å²) in [6.45, 7) is 2.45. The van der Waals surface area contributed by atoms with Crippen LogP contribution in [0.25, 0.3) is 11.5 Å². The van der Waals surface area contributed by atoms with E-state index in [2.05, 4.69) is 35.5 Å². The average Bonchev–Trinajstić information content (AvgIpc) is 3.37. The van der Waals surface area contributed by atoms with Crippen LogP contribution >= 0.6 is 0 Å². The topological polar surface area (TPSA) is 102 Å². The molecule has 0 spiro atoms. The predicted molar refractivity (Wildman–Crippen MR) is 121 cm³/mol. The molecule has 1 aliphatic heterocycles. The fourth-order valence-electron chi connectivity index (χ4n) is 3.64. The van der Waals surface area contributed by atoms with Gasteiger partial charge in [0.15, 0.2) is 17.5 Å². The van der Waals surface area contributed by atoms with Crippen LogP contribution in [0.15, 0.2) is 36.8 Å². The van der Waals surface area contributed by atoms with Gasteiger partial charge in [-0.25, -0.2) is 24.1 Å². The Labute approximate surface area is 190 Å². The van der Waals surface area contributed by atoms with Crippen molar-refractivity contribution >= 4 is 17.5 Å². The van der Waals surface area contributed by atoms with Crippen LogP contribution in [0, 0.1) is 12.7 Å². The number of anilines is 2. The number of carbonyl (C=O) groups is 1. The van der Waals surface area contributed by atoms with Gasteiger partial charge in [0.2, 0.25) is 0 Å². The molecule has 0 bridgehead atoms. The Kier molecular flexibility index (Phi) is 5.50. The lowest BCUT2D eigenvalue weighted by molar-refractivity contribution is 0.246. The number of carbonyl (C=O) groups excluding carboxylic acids is 1. The Hall–Kier alpha value is -3.53. The highest BCUT2D eigenvalue weighted by Crippen LogP contribution is 2.24. The summed E-state index contributed by atoms with van der Waals surface area (Å²) in [6.07, 6.45) is 4.71. The smallest absolute Gasteiger partial charge is 0.320 e. The third-order valence-corrected chi connectivity index (χ3v) is 5.26. The summed E-state index contributed by atoms with van der Waals surface area (Å²) in [5.74, 6) is -0.173. The molecule has 168 valence electrons. The van der Waals surface area contributed by atoms with E-state index in [-0.39, 0.29) is 11.5 Å². The number of aromatic amines is 1. The first-order valence-electron chi connectivity index (χ1n) is 11.9. The van der Waals surface area contributed by atoms with Gasteiger partial charge in [-0.2, -0.15) is 0 Å². The van der Waals surface area contributed by atoms with Crippen molar-refractivity contribution in [3.8, 4) is 11.5 Å². The zero-order valence-corrected chi connectivity index (χ0v) is 17.7. The Morgan fingerprint density at radius 1 is 1.22 bits per heavy atom. The van der Waals surface area contributed by atoms with Gasteiger partial charge >= 0.3 is 6.03 Å². The molecule has 3 aromatic rings. The van der Waals surface area contributed by atoms with Crippen LogP contribution in [0.3, 0.4) is 0 Å². The van der Waals surface area contributed by atoms with Gasteiger partial charge in [-0.3, -0.25) is 10.2 Å². The number of pyridine rings is 2. The van der Waals surface area contributed by atoms with E-state index in [0.717, 1.165) is 0 Å². The minimum atomic E-state index is -2.39. The number of rotatable bonds is 6. The first kappa shape index (κ1) is 18.1. The first-order valence-corrected chi connectivity index (χ1v) is 10.4. The molecule has 32 heavy (non-hydrogen) atoms. The van der Waals surface area contributed by atoms with Crippen molar-refractivity contribution in [1.29, 1.82) is 0 Å². The van der Waals surface area contributed by atoms with E-state index in [1.807, 2.05) is 4.90 Å². The molecule has 0 atom stereocenters. The predicted octanol–water partition coefficient (Wildman–Crippen LogP) is 2.78. The maximum Gasteiger partial charge on any atom is 0.320 e. The molecule has 3 aromatic heterocycles. The quantitative estimate of drug-likeness (QED) is 0.544. The maximum absolute atomic E-state index is 14.9. The van der Waals surface area contributed by atoms with Crippen molar-refractivity contribution in [3.63, 3.8) is 0 Å². The van der Waals surface area contributed by atoms with Crippen molar-refractivity contribution in [2.24, 2.45) is 0 Å². The molecule has 1 saturated heterocycles. The maximum atomic E-state index is 14.9. The summed E-state index contributed by atoms with van der Waals surface area (Å²) in [7, 11) is 0. The van der Waals surface area contributed by atoms with Crippen LogP contribution in [0.4, 0.5) is 20.7 Å². The van der Waals surface area contributed by atoms with Crippen LogP contribution < -0.4 is 15.5 Å². The molecule has 3 N–H and O–H groups in total. The standard InChI is InChI=1S/C22H27FN8O/c1-3-24-22(32)29-21-19(23)16(6-7-25-21)14-30-10-12-31(13-11-30)18-5-4-17(28-15(18)2)20-26-8-9-27-20/h4-9H,3,10-14H2,1-2H3,(H,26,27)(H2,24,25,29,32)/i2D3. The molecule has 0 aromatic carbocycles. The summed E-state index contributed by atoms with van der Waals surface area (Å²) in [5, 5.41) is 4.97. The Morgan fingerprint density at radius 2 is 2.06 bits per heavy atom. The summed E-state index contributed by atoms with van der Waals surface area (Å²) in [5.41, 5.74) is 1.48. The number of piperazine rings is 1. The normalized spacial score (nSPS) is 16.2. The molecule has 0 unspecified atom stereocenters. The highest BCUT2D eigenvalue weighted by Gasteiger charge is 2.21. The molecule has 9 nitrogen and oxygen atoms in total. The van der Waals surface area contributed by atoms with Gasteiger partial charge in [-0.15, -0.1) is 0 Å². The zero-order valence-electron chi connectivity index (χ0n) is 20.7. The number of aromatic nitrogens is 4. The number of aryl methyl sites for hydroxylation is 1. The number of hydrogen-bond donors (Lipinski definition) is 3. The van der Waals surface area contributed by atoms with E-state index in [9.17, 15) is 9.18 Å². The van der Waals surface area contributed by atoms with Gasteiger partial charge in [0, 0.05) is 67.5 Å². The van der Waals surface area contributed by atoms with Gasteiger partial charge in [0.1, 0.15) is 5.69 Å². The highest BCUT2D eigenvalue weighted by molar-refractivity contribution is 5.88. The molecular formula is C22H27FN8O. The number of imidazole rings is 1. The number of H-pyrrole nitrogens is 1. The second kappa shape index (κ2) is 9.73. The summed E-state index contributed by atoms with van der Waals surface area (Å²) in [4.78, 5) is 31.2. The lowest BCUT2D eigenvalue weighted by atomic mass is 10.2. The second-order valence-electron chi connectivity index (χ2n) is 7.38. The molecule has 10 heteroatoms. The highest BCUT2D eigenvalue weighted by atomic mass is 19.1. The number of nitrogens with zero attached hydrogens (tertiary/aromatic N) is 5. The first-order chi connectivity index (χ1) is 16.8. The summed E-state index contributed by atoms with van der Waals surface area (Å²) >= 11 is 0. The number of urea groups is 1. The van der Waals surface area contributed by atoms with Crippen LogP contribution in [0.1, 0.15) is 22.3 Å². The SMILES string of the molecule is [2H]C([2H])([2H])c1nc(-c2ncc[nH]2)ccc1N1CCN(Cc2ccnc(NC(=O)NCC)c2F)CC1. The van der Waals surface area contributed by atoms with Crippen molar-refractivity contribution in [3.05, 3.63) is 53.9 Å². The zero-order chi connectivity index (χ0) is 25.0. The third-order valence-electron chi connectivity index (χ3n) is 5.26. The molecular weight excluding hydrogens is 411 g/mol. The number of nitrogens with one attached hydrogen (secondary N) is 3. The summed E-state index contributed by atoms with van der Waals surface area (Å²) < 4.78 is 38.8. The van der Waals surface area contributed by atoms with E-state index in [0.29, 0.717) is 62.0 Å². The molecule has 2 amide bonds. The van der Waals surface area contributed by atoms with Crippen molar-refractivity contribution in [2.45, 2.75) is 20.3 Å². The van der Waals surface area contributed by atoms with Gasteiger partial charge in [-0.05, 0) is 32.0 Å². The fraction of sp³-hybridized carbons (Fsp3) is 0.364. The van der Waals surface area contributed by atoms with E-state index < -0.39 is 18.7 Å². The minimum absolute atomic E-state index is 0.0288. The summed E-state index contributed by atoms with van der Waals surface area (Å²) in [6, 6.07) is 4.60. The van der Waals surface area contributed by atoms with E-state index >= 15 is 0 Å². The van der Waals surface area contributed by atoms with Gasteiger partial charge in [0.05, 0.1) is 11.4 Å². The molecule has 0 saturated carbocycles. The molecule has 0 radical (unpaired) electrons. The van der Waals surface area contributed by atoms with Crippen LogP contribution in [-0.2, 0) is 6.54 Å². The third kappa shape index (κ3) is 4.86. The molecule has 1 aliphatic rings. The van der Waals surface area contributed by atoms with E-state index in [1.54, 1.807) is 37.5 Å². The van der Waals surface area contributed by atoms with Crippen molar-refractivity contribution < 1.29 is 13.3 Å². The number of halogens is 1.